The predicted octanol–water partition coefficient (Wildman–Crippen LogP) is 3.10. The lowest BCUT2D eigenvalue weighted by Gasteiger charge is -2.12. The Morgan fingerprint density at radius 2 is 1.80 bits per heavy atom. The van der Waals surface area contributed by atoms with Crippen molar-refractivity contribution in [2.24, 2.45) is 0 Å². The van der Waals surface area contributed by atoms with Gasteiger partial charge in [-0.3, -0.25) is 9.59 Å². The number of amides is 2. The number of aromatic nitrogens is 1. The van der Waals surface area contributed by atoms with Gasteiger partial charge in [-0.05, 0) is 32.0 Å². The molecule has 0 aliphatic rings. The number of anilines is 2. The molecule has 6 nitrogen and oxygen atoms in total. The summed E-state index contributed by atoms with van der Waals surface area (Å²) in [4.78, 5) is 28.1. The standard InChI is InChI=1S/C18H21N3O3S/c1-12-4-6-14(7-5-12)20-16(22)11-25-13(2)18(23)21-15-8-9-17(24-3)19-10-15/h4-10,13H,11H2,1-3H3,(H,20,22)(H,21,23)/t13-/m0/s1. The summed E-state index contributed by atoms with van der Waals surface area (Å²) in [5.41, 5.74) is 2.46. The molecule has 0 bridgehead atoms. The Kier molecular flexibility index (Phi) is 6.82. The van der Waals surface area contributed by atoms with Crippen molar-refractivity contribution in [1.29, 1.82) is 0 Å². The lowest BCUT2D eigenvalue weighted by Crippen LogP contribution is -2.25. The molecule has 0 fully saturated rings. The molecule has 25 heavy (non-hydrogen) atoms. The second kappa shape index (κ2) is 9.08. The largest absolute Gasteiger partial charge is 0.481 e. The van der Waals surface area contributed by atoms with Crippen LogP contribution in [0.25, 0.3) is 0 Å². The van der Waals surface area contributed by atoms with Crippen LogP contribution in [0.4, 0.5) is 11.4 Å². The number of methoxy groups -OCH3 is 1. The van der Waals surface area contributed by atoms with Crippen LogP contribution in [0.3, 0.4) is 0 Å². The van der Waals surface area contributed by atoms with E-state index >= 15 is 0 Å². The third-order valence-corrected chi connectivity index (χ3v) is 4.52. The van der Waals surface area contributed by atoms with Crippen LogP contribution in [0.15, 0.2) is 42.6 Å². The van der Waals surface area contributed by atoms with Crippen molar-refractivity contribution in [3.8, 4) is 5.88 Å². The molecule has 0 unspecified atom stereocenters. The number of ether oxygens (including phenoxy) is 1. The van der Waals surface area contributed by atoms with Gasteiger partial charge < -0.3 is 15.4 Å². The molecule has 0 radical (unpaired) electrons. The van der Waals surface area contributed by atoms with Gasteiger partial charge >= 0.3 is 0 Å². The van der Waals surface area contributed by atoms with Gasteiger partial charge in [0.15, 0.2) is 0 Å². The summed E-state index contributed by atoms with van der Waals surface area (Å²) >= 11 is 1.27. The predicted molar refractivity (Wildman–Crippen MR) is 101 cm³/mol. The number of carbonyl (C=O) groups excluding carboxylic acids is 2. The van der Waals surface area contributed by atoms with E-state index in [4.69, 9.17) is 4.74 Å². The third-order valence-electron chi connectivity index (χ3n) is 3.38. The zero-order valence-electron chi connectivity index (χ0n) is 14.4. The van der Waals surface area contributed by atoms with E-state index in [1.165, 1.54) is 25.1 Å². The van der Waals surface area contributed by atoms with Gasteiger partial charge in [-0.15, -0.1) is 11.8 Å². The summed E-state index contributed by atoms with van der Waals surface area (Å²) in [5, 5.41) is 5.20. The summed E-state index contributed by atoms with van der Waals surface area (Å²) in [5.74, 6) is 0.358. The molecule has 2 N–H and O–H groups in total. The molecule has 0 saturated carbocycles. The van der Waals surface area contributed by atoms with Crippen molar-refractivity contribution in [2.75, 3.05) is 23.5 Å². The molecule has 1 aromatic carbocycles. The molecule has 0 aliphatic carbocycles. The normalized spacial score (nSPS) is 11.5. The Morgan fingerprint density at radius 1 is 1.12 bits per heavy atom. The minimum Gasteiger partial charge on any atom is -0.481 e. The highest BCUT2D eigenvalue weighted by atomic mass is 32.2. The number of nitrogens with zero attached hydrogens (tertiary/aromatic N) is 1. The van der Waals surface area contributed by atoms with E-state index in [1.54, 1.807) is 19.1 Å². The van der Waals surface area contributed by atoms with Crippen LogP contribution in [0.1, 0.15) is 12.5 Å². The first kappa shape index (κ1) is 18.8. The highest BCUT2D eigenvalue weighted by Gasteiger charge is 2.15. The fourth-order valence-corrected chi connectivity index (χ4v) is 2.61. The Morgan fingerprint density at radius 3 is 2.40 bits per heavy atom. The second-order valence-electron chi connectivity index (χ2n) is 5.45. The average molecular weight is 359 g/mol. The lowest BCUT2D eigenvalue weighted by atomic mass is 10.2. The second-order valence-corrected chi connectivity index (χ2v) is 6.78. The number of hydrogen-bond acceptors (Lipinski definition) is 5. The van der Waals surface area contributed by atoms with E-state index in [0.717, 1.165) is 11.3 Å². The van der Waals surface area contributed by atoms with Crippen LogP contribution in [0.5, 0.6) is 5.88 Å². The maximum Gasteiger partial charge on any atom is 0.237 e. The molecular formula is C18H21N3O3S. The van der Waals surface area contributed by atoms with Crippen molar-refractivity contribution in [2.45, 2.75) is 19.1 Å². The number of hydrogen-bond donors (Lipinski definition) is 2. The number of aryl methyl sites for hydroxylation is 1. The molecule has 1 heterocycles. The third kappa shape index (κ3) is 6.11. The minimum absolute atomic E-state index is 0.139. The van der Waals surface area contributed by atoms with Gasteiger partial charge in [-0.2, -0.15) is 0 Å². The number of pyridine rings is 1. The maximum atomic E-state index is 12.2. The molecule has 2 rings (SSSR count). The smallest absolute Gasteiger partial charge is 0.237 e. The fourth-order valence-electron chi connectivity index (χ4n) is 1.93. The molecule has 1 atom stereocenters. The van der Waals surface area contributed by atoms with E-state index < -0.39 is 0 Å². The molecule has 132 valence electrons. The first-order valence-corrected chi connectivity index (χ1v) is 8.82. The molecule has 1 aromatic heterocycles. The van der Waals surface area contributed by atoms with E-state index in [9.17, 15) is 9.59 Å². The molecular weight excluding hydrogens is 338 g/mol. The molecule has 0 aliphatic heterocycles. The Labute approximate surface area is 151 Å². The van der Waals surface area contributed by atoms with Crippen LogP contribution < -0.4 is 15.4 Å². The zero-order valence-corrected chi connectivity index (χ0v) is 15.2. The number of thioether (sulfide) groups is 1. The van der Waals surface area contributed by atoms with E-state index in [1.807, 2.05) is 31.2 Å². The van der Waals surface area contributed by atoms with Gasteiger partial charge in [0.1, 0.15) is 0 Å². The van der Waals surface area contributed by atoms with Crippen LogP contribution in [0.2, 0.25) is 0 Å². The fraction of sp³-hybridized carbons (Fsp3) is 0.278. The van der Waals surface area contributed by atoms with Gasteiger partial charge in [-0.1, -0.05) is 17.7 Å². The average Bonchev–Trinajstić information content (AvgIpc) is 2.62. The Hall–Kier alpha value is -2.54. The summed E-state index contributed by atoms with van der Waals surface area (Å²) in [6.45, 7) is 3.75. The quantitative estimate of drug-likeness (QED) is 0.794. The van der Waals surface area contributed by atoms with E-state index in [-0.39, 0.29) is 22.8 Å². The van der Waals surface area contributed by atoms with Gasteiger partial charge in [0.2, 0.25) is 17.7 Å². The first-order chi connectivity index (χ1) is 12.0. The molecule has 7 heteroatoms. The number of benzene rings is 1. The first-order valence-electron chi connectivity index (χ1n) is 7.77. The van der Waals surface area contributed by atoms with Gasteiger partial charge in [0.25, 0.3) is 0 Å². The monoisotopic (exact) mass is 359 g/mol. The van der Waals surface area contributed by atoms with Crippen molar-refractivity contribution in [1.82, 2.24) is 4.98 Å². The molecule has 0 saturated heterocycles. The van der Waals surface area contributed by atoms with Crippen LogP contribution >= 0.6 is 11.8 Å². The minimum atomic E-state index is -0.370. The summed E-state index contributed by atoms with van der Waals surface area (Å²) in [7, 11) is 1.53. The van der Waals surface area contributed by atoms with Crippen molar-refractivity contribution < 1.29 is 14.3 Å². The van der Waals surface area contributed by atoms with E-state index in [0.29, 0.717) is 11.6 Å². The maximum absolute atomic E-state index is 12.2. The number of carbonyl (C=O) groups is 2. The topological polar surface area (TPSA) is 80.3 Å². The van der Waals surface area contributed by atoms with Gasteiger partial charge in [0, 0.05) is 11.8 Å². The van der Waals surface area contributed by atoms with Gasteiger partial charge in [-0.25, -0.2) is 4.98 Å². The van der Waals surface area contributed by atoms with Crippen LogP contribution in [-0.4, -0.2) is 34.9 Å². The van der Waals surface area contributed by atoms with Crippen molar-refractivity contribution in [3.05, 3.63) is 48.2 Å². The van der Waals surface area contributed by atoms with E-state index in [2.05, 4.69) is 15.6 Å². The number of nitrogens with one attached hydrogen (secondary N) is 2. The Bertz CT molecular complexity index is 717. The Balaban J connectivity index is 1.77. The van der Waals surface area contributed by atoms with Crippen LogP contribution in [-0.2, 0) is 9.59 Å². The highest BCUT2D eigenvalue weighted by molar-refractivity contribution is 8.01. The molecule has 2 amide bonds. The van der Waals surface area contributed by atoms with Crippen LogP contribution in [0, 0.1) is 6.92 Å². The molecule has 0 spiro atoms. The summed E-state index contributed by atoms with van der Waals surface area (Å²) < 4.78 is 4.97. The molecule has 2 aromatic rings. The lowest BCUT2D eigenvalue weighted by molar-refractivity contribution is -0.115. The summed E-state index contributed by atoms with van der Waals surface area (Å²) in [6, 6.07) is 11.0. The van der Waals surface area contributed by atoms with Crippen molar-refractivity contribution in [3.63, 3.8) is 0 Å². The summed E-state index contributed by atoms with van der Waals surface area (Å²) in [6.07, 6.45) is 1.53. The number of rotatable bonds is 7. The SMILES string of the molecule is COc1ccc(NC(=O)[C@H](C)SCC(=O)Nc2ccc(C)cc2)cn1. The van der Waals surface area contributed by atoms with Crippen molar-refractivity contribution >= 4 is 35.0 Å². The zero-order chi connectivity index (χ0) is 18.2. The highest BCUT2D eigenvalue weighted by Crippen LogP contribution is 2.16. The van der Waals surface area contributed by atoms with Gasteiger partial charge in [0.05, 0.1) is 30.0 Å².